The number of benzene rings is 3. The molecule has 20 heteroatoms. The molecule has 0 radical (unpaired) electrons. The van der Waals surface area contributed by atoms with Crippen molar-refractivity contribution < 1.29 is 114 Å². The molecule has 282 valence electrons. The van der Waals surface area contributed by atoms with Gasteiger partial charge in [0, 0.05) is 53.6 Å². The summed E-state index contributed by atoms with van der Waals surface area (Å²) >= 11 is 0. The Balaban J connectivity index is 0. The third-order valence-electron chi connectivity index (χ3n) is 5.68. The molecule has 50 heavy (non-hydrogen) atoms. The van der Waals surface area contributed by atoms with Gasteiger partial charge in [0.2, 0.25) is 0 Å². The van der Waals surface area contributed by atoms with Gasteiger partial charge in [0.15, 0.2) is 69.8 Å². The van der Waals surface area contributed by atoms with Crippen LogP contribution in [0.4, 0.5) is 52.7 Å². The van der Waals surface area contributed by atoms with E-state index in [1.165, 1.54) is 0 Å². The summed E-state index contributed by atoms with van der Waals surface area (Å²) in [6, 6.07) is 0. The van der Waals surface area contributed by atoms with Gasteiger partial charge in [-0.1, -0.05) is 0 Å². The summed E-state index contributed by atoms with van der Waals surface area (Å²) in [5.74, 6) is -18.8. The number of rotatable bonds is 9. The Labute approximate surface area is 297 Å². The van der Waals surface area contributed by atoms with E-state index in [0.717, 1.165) is 21.3 Å². The van der Waals surface area contributed by atoms with Crippen molar-refractivity contribution in [3.63, 3.8) is 0 Å². The van der Waals surface area contributed by atoms with E-state index in [-0.39, 0.29) is 32.3 Å². The normalized spacial score (nSPS) is 10.4. The molecule has 7 nitrogen and oxygen atoms in total. The first-order chi connectivity index (χ1) is 22.9. The minimum absolute atomic E-state index is 0. The van der Waals surface area contributed by atoms with Crippen molar-refractivity contribution >= 4 is 0 Å². The van der Waals surface area contributed by atoms with Crippen LogP contribution in [0.3, 0.4) is 0 Å². The van der Waals surface area contributed by atoms with Crippen molar-refractivity contribution in [3.8, 4) is 0 Å². The molecule has 4 N–H and O–H groups in total. The standard InChI is InChI=1S/3C9H8F4O2.C3H8O.Zr/c3*1-15-3-5-8(12)6(10)4(2-14)7(11)9(5)13;1-3(2)4;/h3*14H,2-3H2,1H3;3-4H,1-2H3;. The van der Waals surface area contributed by atoms with Crippen molar-refractivity contribution in [2.75, 3.05) is 21.3 Å². The molecule has 3 aromatic carbocycles. The third kappa shape index (κ3) is 12.6. The molecule has 0 saturated carbocycles. The summed E-state index contributed by atoms with van der Waals surface area (Å²) in [6.07, 6.45) is -0.167. The number of hydrogen-bond donors (Lipinski definition) is 4. The minimum Gasteiger partial charge on any atom is -0.394 e. The summed E-state index contributed by atoms with van der Waals surface area (Å²) in [5.41, 5.74) is -5.56. The fourth-order valence-corrected chi connectivity index (χ4v) is 3.40. The molecule has 0 bridgehead atoms. The number of ether oxygens (including phenoxy) is 3. The molecule has 3 aromatic rings. The van der Waals surface area contributed by atoms with Gasteiger partial charge in [0.25, 0.3) is 0 Å². The molecule has 0 spiro atoms. The van der Waals surface area contributed by atoms with Crippen molar-refractivity contribution in [3.05, 3.63) is 103 Å². The second-order valence-electron chi connectivity index (χ2n) is 9.51. The molecule has 0 aliphatic heterocycles. The fourth-order valence-electron chi connectivity index (χ4n) is 3.40. The predicted molar refractivity (Wildman–Crippen MR) is 146 cm³/mol. The van der Waals surface area contributed by atoms with E-state index in [4.69, 9.17) is 20.4 Å². The minimum atomic E-state index is -1.59. The van der Waals surface area contributed by atoms with Crippen molar-refractivity contribution in [2.45, 2.75) is 59.6 Å². The van der Waals surface area contributed by atoms with Crippen LogP contribution in [0, 0.1) is 69.8 Å². The van der Waals surface area contributed by atoms with Crippen LogP contribution in [0.15, 0.2) is 0 Å². The van der Waals surface area contributed by atoms with Gasteiger partial charge in [-0.15, -0.1) is 0 Å². The first kappa shape index (κ1) is 49.5. The molecule has 0 unspecified atom stereocenters. The topological polar surface area (TPSA) is 109 Å². The summed E-state index contributed by atoms with van der Waals surface area (Å²) in [6.45, 7) is -1.65. The van der Waals surface area contributed by atoms with Gasteiger partial charge in [-0.3, -0.25) is 0 Å². The summed E-state index contributed by atoms with van der Waals surface area (Å²) in [4.78, 5) is 0. The van der Waals surface area contributed by atoms with Gasteiger partial charge < -0.3 is 34.6 Å². The van der Waals surface area contributed by atoms with Crippen LogP contribution < -0.4 is 0 Å². The summed E-state index contributed by atoms with van der Waals surface area (Å²) in [7, 11) is 3.40. The average molecular weight is 824 g/mol. The van der Waals surface area contributed by atoms with Crippen molar-refractivity contribution in [1.29, 1.82) is 0 Å². The SMILES string of the molecule is CC(C)O.COCc1c(F)c(F)c(CO)c(F)c1F.COCc1c(F)c(F)c(CO)c(F)c1F.COCc1c(F)c(F)c(CO)c(F)c1F.[Zr]. The van der Waals surface area contributed by atoms with Crippen LogP contribution in [-0.2, 0) is 80.1 Å². The van der Waals surface area contributed by atoms with E-state index >= 15 is 0 Å². The Bertz CT molecular complexity index is 1280. The molecular formula is C30H32F12O7Zr. The number of methoxy groups -OCH3 is 3. The molecule has 0 heterocycles. The van der Waals surface area contributed by atoms with Crippen LogP contribution in [-0.4, -0.2) is 47.9 Å². The van der Waals surface area contributed by atoms with E-state index in [1.807, 2.05) is 0 Å². The van der Waals surface area contributed by atoms with Gasteiger partial charge in [0.05, 0.1) is 73.0 Å². The quantitative estimate of drug-likeness (QED) is 0.154. The zero-order valence-electron chi connectivity index (χ0n) is 26.9. The molecule has 0 atom stereocenters. The number of hydrogen-bond acceptors (Lipinski definition) is 7. The molecule has 0 aliphatic rings. The smallest absolute Gasteiger partial charge is 0.167 e. The van der Waals surface area contributed by atoms with E-state index in [2.05, 4.69) is 14.2 Å². The van der Waals surface area contributed by atoms with Crippen molar-refractivity contribution in [2.24, 2.45) is 0 Å². The average Bonchev–Trinajstić information content (AvgIpc) is 3.05. The van der Waals surface area contributed by atoms with Crippen LogP contribution >= 0.6 is 0 Å². The molecule has 0 aromatic heterocycles. The van der Waals surface area contributed by atoms with E-state index < -0.39 is 143 Å². The number of aliphatic hydroxyl groups is 4. The van der Waals surface area contributed by atoms with E-state index in [1.54, 1.807) is 13.8 Å². The number of halogens is 12. The van der Waals surface area contributed by atoms with Crippen LogP contribution in [0.1, 0.15) is 47.2 Å². The van der Waals surface area contributed by atoms with Crippen LogP contribution in [0.5, 0.6) is 0 Å². The van der Waals surface area contributed by atoms with Gasteiger partial charge >= 0.3 is 0 Å². The van der Waals surface area contributed by atoms with Gasteiger partial charge in [-0.05, 0) is 13.8 Å². The van der Waals surface area contributed by atoms with Crippen LogP contribution in [0.2, 0.25) is 0 Å². The maximum Gasteiger partial charge on any atom is 0.167 e. The van der Waals surface area contributed by atoms with Gasteiger partial charge in [-0.25, -0.2) is 52.7 Å². The zero-order valence-corrected chi connectivity index (χ0v) is 29.3. The van der Waals surface area contributed by atoms with Gasteiger partial charge in [0.1, 0.15) is 0 Å². The predicted octanol–water partition coefficient (Wildman–Crippen LogP) is 6.03. The Kier molecular flexibility index (Phi) is 23.6. The van der Waals surface area contributed by atoms with E-state index in [9.17, 15) is 52.7 Å². The molecule has 0 amide bonds. The maximum absolute atomic E-state index is 13.1. The first-order valence-electron chi connectivity index (χ1n) is 13.3. The maximum atomic E-state index is 13.1. The van der Waals surface area contributed by atoms with Gasteiger partial charge in [-0.2, -0.15) is 0 Å². The van der Waals surface area contributed by atoms with E-state index in [0.29, 0.717) is 0 Å². The Morgan fingerprint density at radius 2 is 0.500 bits per heavy atom. The second-order valence-corrected chi connectivity index (χ2v) is 9.51. The van der Waals surface area contributed by atoms with Crippen molar-refractivity contribution in [1.82, 2.24) is 0 Å². The fraction of sp³-hybridized carbons (Fsp3) is 0.400. The third-order valence-corrected chi connectivity index (χ3v) is 5.68. The molecule has 3 rings (SSSR count). The van der Waals surface area contributed by atoms with Crippen LogP contribution in [0.25, 0.3) is 0 Å². The first-order valence-corrected chi connectivity index (χ1v) is 13.3. The number of aliphatic hydroxyl groups excluding tert-OH is 4. The Morgan fingerprint density at radius 1 is 0.380 bits per heavy atom. The monoisotopic (exact) mass is 822 g/mol. The Hall–Kier alpha value is -2.58. The molecular weight excluding hydrogens is 792 g/mol. The second kappa shape index (κ2) is 23.8. The molecule has 0 saturated heterocycles. The summed E-state index contributed by atoms with van der Waals surface area (Å²) < 4.78 is 170. The molecule has 0 aliphatic carbocycles. The zero-order chi connectivity index (χ0) is 38.3. The summed E-state index contributed by atoms with van der Waals surface area (Å²) in [5, 5.41) is 33.6. The largest absolute Gasteiger partial charge is 0.394 e. The Morgan fingerprint density at radius 3 is 0.600 bits per heavy atom. The molecule has 0 fully saturated rings.